The Balaban J connectivity index is 1.86. The Labute approximate surface area is 112 Å². The van der Waals surface area contributed by atoms with Crippen molar-refractivity contribution in [1.29, 1.82) is 0 Å². The fourth-order valence-corrected chi connectivity index (χ4v) is 2.62. The quantitative estimate of drug-likeness (QED) is 0.733. The number of rotatable bonds is 3. The molecule has 0 amide bonds. The minimum atomic E-state index is 0.224. The maximum absolute atomic E-state index is 5.91. The average Bonchev–Trinajstić information content (AvgIpc) is 2.37. The van der Waals surface area contributed by atoms with Crippen LogP contribution in [0.5, 0.6) is 5.75 Å². The molecule has 0 bridgehead atoms. The van der Waals surface area contributed by atoms with E-state index in [1.165, 1.54) is 37.7 Å². The second kappa shape index (κ2) is 5.77. The monoisotopic (exact) mass is 246 g/mol. The highest BCUT2D eigenvalue weighted by molar-refractivity contribution is 5.31. The lowest BCUT2D eigenvalue weighted by molar-refractivity contribution is 0.209. The van der Waals surface area contributed by atoms with E-state index < -0.39 is 0 Å². The molecule has 0 spiro atoms. The summed E-state index contributed by atoms with van der Waals surface area (Å²) in [6.45, 7) is 7.62. The van der Waals surface area contributed by atoms with Crippen molar-refractivity contribution in [2.75, 3.05) is 6.61 Å². The Morgan fingerprint density at radius 2 is 1.61 bits per heavy atom. The van der Waals surface area contributed by atoms with Gasteiger partial charge in [0, 0.05) is 0 Å². The zero-order chi connectivity index (χ0) is 13.0. The molecule has 1 saturated carbocycles. The summed E-state index contributed by atoms with van der Waals surface area (Å²) >= 11 is 0. The lowest BCUT2D eigenvalue weighted by atomic mass is 9.87. The average molecular weight is 246 g/mol. The summed E-state index contributed by atoms with van der Waals surface area (Å²) in [7, 11) is 0. The van der Waals surface area contributed by atoms with E-state index in [4.69, 9.17) is 4.74 Å². The van der Waals surface area contributed by atoms with Gasteiger partial charge in [0.1, 0.15) is 5.75 Å². The topological polar surface area (TPSA) is 9.23 Å². The lowest BCUT2D eigenvalue weighted by Gasteiger charge is -2.22. The van der Waals surface area contributed by atoms with E-state index in [1.54, 1.807) is 0 Å². The molecule has 1 aromatic carbocycles. The predicted octanol–water partition coefficient (Wildman–Crippen LogP) is 4.94. The molecular weight excluding hydrogens is 220 g/mol. The van der Waals surface area contributed by atoms with Crippen molar-refractivity contribution in [3.8, 4) is 5.75 Å². The van der Waals surface area contributed by atoms with Crippen LogP contribution in [0.4, 0.5) is 0 Å². The Morgan fingerprint density at radius 1 is 1.00 bits per heavy atom. The van der Waals surface area contributed by atoms with Gasteiger partial charge in [0.15, 0.2) is 0 Å². The van der Waals surface area contributed by atoms with Crippen LogP contribution in [-0.4, -0.2) is 6.61 Å². The van der Waals surface area contributed by atoms with Gasteiger partial charge in [-0.15, -0.1) is 0 Å². The molecule has 18 heavy (non-hydrogen) atoms. The van der Waals surface area contributed by atoms with Gasteiger partial charge in [-0.2, -0.15) is 0 Å². The molecule has 0 saturated heterocycles. The largest absolute Gasteiger partial charge is 0.493 e. The van der Waals surface area contributed by atoms with Crippen LogP contribution in [0.1, 0.15) is 58.4 Å². The molecule has 1 aliphatic rings. The van der Waals surface area contributed by atoms with Gasteiger partial charge < -0.3 is 4.74 Å². The minimum Gasteiger partial charge on any atom is -0.493 e. The molecule has 1 fully saturated rings. The van der Waals surface area contributed by atoms with Crippen LogP contribution in [0, 0.1) is 5.92 Å². The second-order valence-corrected chi connectivity index (χ2v) is 6.59. The highest BCUT2D eigenvalue weighted by atomic mass is 16.5. The van der Waals surface area contributed by atoms with Gasteiger partial charge in [-0.1, -0.05) is 52.2 Å². The standard InChI is InChI=1S/C17H26O/c1-17(2,3)15-9-11-16(12-10-15)18-13-14-7-5-4-6-8-14/h9-12,14H,4-8,13H2,1-3H3. The Bertz CT molecular complexity index is 352. The van der Waals surface area contributed by atoms with E-state index in [-0.39, 0.29) is 5.41 Å². The molecule has 2 rings (SSSR count). The summed E-state index contributed by atoms with van der Waals surface area (Å²) in [6.07, 6.45) is 6.88. The van der Waals surface area contributed by atoms with Gasteiger partial charge in [-0.05, 0) is 41.9 Å². The number of hydrogen-bond acceptors (Lipinski definition) is 1. The van der Waals surface area contributed by atoms with Crippen molar-refractivity contribution in [2.24, 2.45) is 5.92 Å². The van der Waals surface area contributed by atoms with Crippen molar-refractivity contribution in [3.05, 3.63) is 29.8 Å². The van der Waals surface area contributed by atoms with Gasteiger partial charge in [0.05, 0.1) is 6.61 Å². The molecule has 0 atom stereocenters. The van der Waals surface area contributed by atoms with E-state index in [2.05, 4.69) is 45.0 Å². The van der Waals surface area contributed by atoms with E-state index in [9.17, 15) is 0 Å². The summed E-state index contributed by atoms with van der Waals surface area (Å²) in [5.74, 6) is 1.80. The number of benzene rings is 1. The molecule has 0 unspecified atom stereocenters. The summed E-state index contributed by atoms with van der Waals surface area (Å²) in [4.78, 5) is 0. The summed E-state index contributed by atoms with van der Waals surface area (Å²) < 4.78 is 5.91. The molecule has 1 aromatic rings. The van der Waals surface area contributed by atoms with E-state index in [1.807, 2.05) is 0 Å². The predicted molar refractivity (Wildman–Crippen MR) is 77.2 cm³/mol. The van der Waals surface area contributed by atoms with Crippen LogP contribution in [0.25, 0.3) is 0 Å². The van der Waals surface area contributed by atoms with Crippen LogP contribution >= 0.6 is 0 Å². The zero-order valence-corrected chi connectivity index (χ0v) is 12.0. The number of hydrogen-bond donors (Lipinski definition) is 0. The molecule has 0 heterocycles. The first-order chi connectivity index (χ1) is 8.55. The Morgan fingerprint density at radius 3 is 2.17 bits per heavy atom. The van der Waals surface area contributed by atoms with Crippen LogP contribution in [0.3, 0.4) is 0 Å². The summed E-state index contributed by atoms with van der Waals surface area (Å²) in [5.41, 5.74) is 1.59. The number of ether oxygens (including phenoxy) is 1. The highest BCUT2D eigenvalue weighted by Crippen LogP contribution is 2.26. The van der Waals surface area contributed by atoms with Gasteiger partial charge in [0.25, 0.3) is 0 Å². The van der Waals surface area contributed by atoms with Crippen LogP contribution in [0.15, 0.2) is 24.3 Å². The van der Waals surface area contributed by atoms with Crippen molar-refractivity contribution < 1.29 is 4.74 Å². The van der Waals surface area contributed by atoms with Crippen LogP contribution in [0.2, 0.25) is 0 Å². The lowest BCUT2D eigenvalue weighted by Crippen LogP contribution is -2.15. The Hall–Kier alpha value is -0.980. The van der Waals surface area contributed by atoms with Crippen molar-refractivity contribution >= 4 is 0 Å². The molecule has 1 nitrogen and oxygen atoms in total. The Kier molecular flexibility index (Phi) is 4.31. The SMILES string of the molecule is CC(C)(C)c1ccc(OCC2CCCCC2)cc1. The van der Waals surface area contributed by atoms with Gasteiger partial charge >= 0.3 is 0 Å². The molecule has 100 valence electrons. The maximum atomic E-state index is 5.91. The van der Waals surface area contributed by atoms with E-state index in [0.717, 1.165) is 18.3 Å². The smallest absolute Gasteiger partial charge is 0.119 e. The van der Waals surface area contributed by atoms with Crippen LogP contribution in [-0.2, 0) is 5.41 Å². The third-order valence-corrected chi connectivity index (χ3v) is 3.93. The molecule has 1 aliphatic carbocycles. The molecule has 0 aromatic heterocycles. The van der Waals surface area contributed by atoms with Crippen molar-refractivity contribution in [3.63, 3.8) is 0 Å². The van der Waals surface area contributed by atoms with Crippen molar-refractivity contribution in [1.82, 2.24) is 0 Å². The third kappa shape index (κ3) is 3.76. The zero-order valence-electron chi connectivity index (χ0n) is 12.0. The molecule has 0 N–H and O–H groups in total. The fourth-order valence-electron chi connectivity index (χ4n) is 2.62. The van der Waals surface area contributed by atoms with Gasteiger partial charge in [-0.3, -0.25) is 0 Å². The summed E-state index contributed by atoms with van der Waals surface area (Å²) in [5, 5.41) is 0. The summed E-state index contributed by atoms with van der Waals surface area (Å²) in [6, 6.07) is 8.61. The first-order valence-electron chi connectivity index (χ1n) is 7.29. The van der Waals surface area contributed by atoms with Gasteiger partial charge in [-0.25, -0.2) is 0 Å². The minimum absolute atomic E-state index is 0.224. The fraction of sp³-hybridized carbons (Fsp3) is 0.647. The maximum Gasteiger partial charge on any atom is 0.119 e. The normalized spacial score (nSPS) is 17.7. The van der Waals surface area contributed by atoms with E-state index >= 15 is 0 Å². The van der Waals surface area contributed by atoms with Gasteiger partial charge in [0.2, 0.25) is 0 Å². The van der Waals surface area contributed by atoms with Crippen molar-refractivity contribution in [2.45, 2.75) is 58.3 Å². The highest BCUT2D eigenvalue weighted by Gasteiger charge is 2.15. The van der Waals surface area contributed by atoms with Crippen LogP contribution < -0.4 is 4.74 Å². The molecule has 1 heteroatoms. The first kappa shape index (κ1) is 13.5. The second-order valence-electron chi connectivity index (χ2n) is 6.59. The first-order valence-corrected chi connectivity index (χ1v) is 7.29. The third-order valence-electron chi connectivity index (χ3n) is 3.93. The van der Waals surface area contributed by atoms with E-state index in [0.29, 0.717) is 0 Å². The molecule has 0 aliphatic heterocycles. The molecule has 0 radical (unpaired) electrons. The molecular formula is C17H26O.